The second kappa shape index (κ2) is 6.90. The van der Waals surface area contributed by atoms with Gasteiger partial charge in [-0.1, -0.05) is 30.3 Å². The van der Waals surface area contributed by atoms with Crippen LogP contribution in [0.1, 0.15) is 22.8 Å². The summed E-state index contributed by atoms with van der Waals surface area (Å²) in [6.45, 7) is 1.51. The third kappa shape index (κ3) is 4.07. The molecule has 4 N–H and O–H groups in total. The van der Waals surface area contributed by atoms with Gasteiger partial charge in [-0.2, -0.15) is 0 Å². The predicted molar refractivity (Wildman–Crippen MR) is 85.5 cm³/mol. The number of nitrogens with one attached hydrogen (secondary N) is 1. The molecule has 1 unspecified atom stereocenters. The fourth-order valence-electron chi connectivity index (χ4n) is 2.27. The molecule has 0 aliphatic rings. The molecule has 0 saturated carbocycles. The number of aliphatic hydroxyl groups excluding tert-OH is 1. The van der Waals surface area contributed by atoms with Crippen LogP contribution in [0.2, 0.25) is 0 Å². The molecule has 0 spiro atoms. The zero-order chi connectivity index (χ0) is 15.2. The lowest BCUT2D eigenvalue weighted by atomic mass is 10.1. The molecule has 2 aromatic carbocycles. The Balaban J connectivity index is 2.08. The Kier molecular flexibility index (Phi) is 4.95. The minimum atomic E-state index is -0.102. The summed E-state index contributed by atoms with van der Waals surface area (Å²) in [4.78, 5) is 11.4. The Morgan fingerprint density at radius 1 is 1.24 bits per heavy atom. The van der Waals surface area contributed by atoms with Gasteiger partial charge in [-0.15, -0.1) is 0 Å². The Labute approximate surface area is 124 Å². The van der Waals surface area contributed by atoms with Gasteiger partial charge in [-0.3, -0.25) is 4.79 Å². The van der Waals surface area contributed by atoms with E-state index in [1.807, 2.05) is 30.3 Å². The number of Topliss-reactive ketones (excluding diaryl/α,β-unsaturated/α-hetero) is 1. The molecule has 21 heavy (non-hydrogen) atoms. The van der Waals surface area contributed by atoms with E-state index < -0.39 is 0 Å². The number of nitrogen functional groups attached to an aromatic ring is 1. The minimum absolute atomic E-state index is 0.0171. The van der Waals surface area contributed by atoms with Crippen molar-refractivity contribution in [1.82, 2.24) is 0 Å². The largest absolute Gasteiger partial charge is 0.398 e. The van der Waals surface area contributed by atoms with E-state index in [-0.39, 0.29) is 18.4 Å². The first-order chi connectivity index (χ1) is 10.1. The van der Waals surface area contributed by atoms with Crippen LogP contribution < -0.4 is 11.1 Å². The highest BCUT2D eigenvalue weighted by atomic mass is 16.3. The molecule has 0 aliphatic heterocycles. The van der Waals surface area contributed by atoms with E-state index in [9.17, 15) is 9.90 Å². The summed E-state index contributed by atoms with van der Waals surface area (Å²) in [5.74, 6) is -0.0537. The van der Waals surface area contributed by atoms with Gasteiger partial charge in [0, 0.05) is 16.9 Å². The molecule has 0 bridgehead atoms. The van der Waals surface area contributed by atoms with Crippen molar-refractivity contribution < 1.29 is 9.90 Å². The van der Waals surface area contributed by atoms with Crippen LogP contribution in [0.15, 0.2) is 48.5 Å². The minimum Gasteiger partial charge on any atom is -0.398 e. The van der Waals surface area contributed by atoms with E-state index >= 15 is 0 Å². The SMILES string of the molecule is CC(=O)c1ccc(NC(CO)Cc2ccccc2)cc1N. The molecule has 0 radical (unpaired) electrons. The molecule has 0 heterocycles. The summed E-state index contributed by atoms with van der Waals surface area (Å²) in [7, 11) is 0. The fourth-order valence-corrected chi connectivity index (χ4v) is 2.27. The van der Waals surface area contributed by atoms with Gasteiger partial charge in [-0.05, 0) is 37.1 Å². The fraction of sp³-hybridized carbons (Fsp3) is 0.235. The molecule has 0 saturated heterocycles. The van der Waals surface area contributed by atoms with Crippen molar-refractivity contribution in [3.8, 4) is 0 Å². The maximum Gasteiger partial charge on any atom is 0.161 e. The van der Waals surface area contributed by atoms with Gasteiger partial charge >= 0.3 is 0 Å². The molecule has 110 valence electrons. The number of anilines is 2. The number of rotatable bonds is 6. The van der Waals surface area contributed by atoms with Gasteiger partial charge in [0.05, 0.1) is 12.6 Å². The highest BCUT2D eigenvalue weighted by Gasteiger charge is 2.10. The molecule has 0 aliphatic carbocycles. The van der Waals surface area contributed by atoms with Crippen LogP contribution in [-0.2, 0) is 6.42 Å². The van der Waals surface area contributed by atoms with Crippen molar-refractivity contribution in [2.45, 2.75) is 19.4 Å². The van der Waals surface area contributed by atoms with E-state index in [1.54, 1.807) is 18.2 Å². The second-order valence-corrected chi connectivity index (χ2v) is 5.07. The first-order valence-corrected chi connectivity index (χ1v) is 6.92. The Hall–Kier alpha value is -2.33. The topological polar surface area (TPSA) is 75.3 Å². The van der Waals surface area contributed by atoms with Crippen molar-refractivity contribution in [2.24, 2.45) is 0 Å². The Morgan fingerprint density at radius 3 is 2.52 bits per heavy atom. The molecular formula is C17H20N2O2. The summed E-state index contributed by atoms with van der Waals surface area (Å²) in [6, 6.07) is 15.1. The first-order valence-electron chi connectivity index (χ1n) is 6.92. The maximum absolute atomic E-state index is 11.4. The zero-order valence-electron chi connectivity index (χ0n) is 12.0. The van der Waals surface area contributed by atoms with Crippen molar-refractivity contribution in [1.29, 1.82) is 0 Å². The third-order valence-corrected chi connectivity index (χ3v) is 3.35. The number of carbonyl (C=O) groups is 1. The molecular weight excluding hydrogens is 264 g/mol. The number of hydrogen-bond acceptors (Lipinski definition) is 4. The van der Waals surface area contributed by atoms with E-state index in [2.05, 4.69) is 5.32 Å². The van der Waals surface area contributed by atoms with Crippen molar-refractivity contribution in [3.05, 3.63) is 59.7 Å². The predicted octanol–water partition coefficient (Wildman–Crippen LogP) is 2.49. The molecule has 1 atom stereocenters. The summed E-state index contributed by atoms with van der Waals surface area (Å²) >= 11 is 0. The van der Waals surface area contributed by atoms with Crippen LogP contribution in [0.25, 0.3) is 0 Å². The Morgan fingerprint density at radius 2 is 1.95 bits per heavy atom. The number of hydrogen-bond donors (Lipinski definition) is 3. The smallest absolute Gasteiger partial charge is 0.161 e. The average Bonchev–Trinajstić information content (AvgIpc) is 2.47. The van der Waals surface area contributed by atoms with Gasteiger partial charge in [0.15, 0.2) is 5.78 Å². The molecule has 0 fully saturated rings. The number of nitrogens with two attached hydrogens (primary N) is 1. The quantitative estimate of drug-likeness (QED) is 0.563. The van der Waals surface area contributed by atoms with E-state index in [1.165, 1.54) is 6.92 Å². The van der Waals surface area contributed by atoms with Crippen LogP contribution >= 0.6 is 0 Å². The summed E-state index contributed by atoms with van der Waals surface area (Å²) in [5, 5.41) is 12.8. The van der Waals surface area contributed by atoms with E-state index in [0.29, 0.717) is 17.7 Å². The lowest BCUT2D eigenvalue weighted by molar-refractivity contribution is 0.101. The van der Waals surface area contributed by atoms with Crippen LogP contribution in [0.5, 0.6) is 0 Å². The van der Waals surface area contributed by atoms with Gasteiger partial charge < -0.3 is 16.2 Å². The number of benzene rings is 2. The number of carbonyl (C=O) groups excluding carboxylic acids is 1. The molecule has 0 amide bonds. The molecule has 0 aromatic heterocycles. The standard InChI is InChI=1S/C17H20N2O2/c1-12(21)16-8-7-14(10-17(16)18)19-15(11-20)9-13-5-3-2-4-6-13/h2-8,10,15,19-20H,9,11,18H2,1H3. The van der Waals surface area contributed by atoms with Crippen molar-refractivity contribution >= 4 is 17.2 Å². The van der Waals surface area contributed by atoms with Gasteiger partial charge in [0.1, 0.15) is 0 Å². The van der Waals surface area contributed by atoms with Gasteiger partial charge in [-0.25, -0.2) is 0 Å². The monoisotopic (exact) mass is 284 g/mol. The van der Waals surface area contributed by atoms with Crippen LogP contribution in [0, 0.1) is 0 Å². The summed E-state index contributed by atoms with van der Waals surface area (Å²) in [5.41, 5.74) is 8.78. The summed E-state index contributed by atoms with van der Waals surface area (Å²) in [6.07, 6.45) is 0.714. The maximum atomic E-state index is 11.4. The van der Waals surface area contributed by atoms with E-state index in [0.717, 1.165) is 11.3 Å². The normalized spacial score (nSPS) is 11.9. The number of aliphatic hydroxyl groups is 1. The highest BCUT2D eigenvalue weighted by Crippen LogP contribution is 2.19. The van der Waals surface area contributed by atoms with Crippen LogP contribution in [0.3, 0.4) is 0 Å². The lowest BCUT2D eigenvalue weighted by Gasteiger charge is -2.18. The molecule has 4 heteroatoms. The third-order valence-electron chi connectivity index (χ3n) is 3.35. The van der Waals surface area contributed by atoms with Crippen molar-refractivity contribution in [3.63, 3.8) is 0 Å². The average molecular weight is 284 g/mol. The van der Waals surface area contributed by atoms with Gasteiger partial charge in [0.25, 0.3) is 0 Å². The molecule has 2 aromatic rings. The summed E-state index contributed by atoms with van der Waals surface area (Å²) < 4.78 is 0. The Bertz CT molecular complexity index is 611. The van der Waals surface area contributed by atoms with Crippen molar-refractivity contribution in [2.75, 3.05) is 17.7 Å². The second-order valence-electron chi connectivity index (χ2n) is 5.07. The molecule has 2 rings (SSSR count). The lowest BCUT2D eigenvalue weighted by Crippen LogP contribution is -2.26. The zero-order valence-corrected chi connectivity index (χ0v) is 12.0. The van der Waals surface area contributed by atoms with E-state index in [4.69, 9.17) is 5.73 Å². The van der Waals surface area contributed by atoms with Gasteiger partial charge in [0.2, 0.25) is 0 Å². The molecule has 4 nitrogen and oxygen atoms in total. The number of ketones is 1. The highest BCUT2D eigenvalue weighted by molar-refractivity contribution is 5.99. The van der Waals surface area contributed by atoms with Crippen LogP contribution in [-0.4, -0.2) is 23.5 Å². The first kappa shape index (κ1) is 15.1. The van der Waals surface area contributed by atoms with Crippen LogP contribution in [0.4, 0.5) is 11.4 Å².